The second kappa shape index (κ2) is 5.52. The third-order valence-corrected chi connectivity index (χ3v) is 3.61. The zero-order chi connectivity index (χ0) is 13.1. The smallest absolute Gasteiger partial charge is 0.323 e. The highest BCUT2D eigenvalue weighted by molar-refractivity contribution is 5.75. The second-order valence-electron chi connectivity index (χ2n) is 5.17. The van der Waals surface area contributed by atoms with Crippen molar-refractivity contribution in [1.29, 1.82) is 0 Å². The summed E-state index contributed by atoms with van der Waals surface area (Å²) in [6.07, 6.45) is 3.90. The molecule has 0 aromatic carbocycles. The van der Waals surface area contributed by atoms with Gasteiger partial charge in [-0.1, -0.05) is 12.1 Å². The molecule has 0 radical (unpaired) electrons. The third-order valence-electron chi connectivity index (χ3n) is 3.61. The van der Waals surface area contributed by atoms with Gasteiger partial charge in [-0.05, 0) is 25.2 Å². The molecule has 1 aliphatic rings. The molecule has 5 nitrogen and oxygen atoms in total. The summed E-state index contributed by atoms with van der Waals surface area (Å²) in [5, 5.41) is 3.98. The Morgan fingerprint density at radius 3 is 3.06 bits per heavy atom. The molecule has 0 amide bonds. The topological polar surface area (TPSA) is 78.4 Å². The Bertz CT molecular complexity index is 416. The van der Waals surface area contributed by atoms with Crippen LogP contribution < -0.4 is 5.73 Å². The molecular formula is C13H20N2O3. The molecule has 100 valence electrons. The summed E-state index contributed by atoms with van der Waals surface area (Å²) in [4.78, 5) is 11.2. The number of nitrogens with zero attached hydrogens (tertiary/aromatic N) is 1. The van der Waals surface area contributed by atoms with Crippen LogP contribution >= 0.6 is 0 Å². The van der Waals surface area contributed by atoms with Crippen LogP contribution in [0.2, 0.25) is 0 Å². The zero-order valence-corrected chi connectivity index (χ0v) is 10.9. The summed E-state index contributed by atoms with van der Waals surface area (Å²) in [6, 6.07) is 1.25. The van der Waals surface area contributed by atoms with Crippen LogP contribution in [0, 0.1) is 5.92 Å². The lowest BCUT2D eigenvalue weighted by Gasteiger charge is -2.05. The molecule has 1 fully saturated rings. The van der Waals surface area contributed by atoms with E-state index in [1.807, 2.05) is 6.07 Å². The van der Waals surface area contributed by atoms with Crippen molar-refractivity contribution in [3.63, 3.8) is 0 Å². The normalized spacial score (nSPS) is 25.1. The summed E-state index contributed by atoms with van der Waals surface area (Å²) in [6.45, 7) is 2.25. The number of methoxy groups -OCH3 is 1. The number of rotatable bonds is 4. The predicted molar refractivity (Wildman–Crippen MR) is 66.0 cm³/mol. The first-order chi connectivity index (χ1) is 8.60. The zero-order valence-electron chi connectivity index (χ0n) is 10.9. The van der Waals surface area contributed by atoms with E-state index in [-0.39, 0.29) is 0 Å². The Morgan fingerprint density at radius 1 is 1.67 bits per heavy atom. The highest BCUT2D eigenvalue weighted by Crippen LogP contribution is 2.38. The third kappa shape index (κ3) is 2.90. The highest BCUT2D eigenvalue weighted by Gasteiger charge is 2.26. The van der Waals surface area contributed by atoms with E-state index >= 15 is 0 Å². The Hall–Kier alpha value is -1.36. The maximum absolute atomic E-state index is 11.2. The fourth-order valence-corrected chi connectivity index (χ4v) is 2.54. The van der Waals surface area contributed by atoms with Crippen molar-refractivity contribution in [2.75, 3.05) is 7.11 Å². The number of nitrogens with two attached hydrogens (primary N) is 1. The van der Waals surface area contributed by atoms with Crippen molar-refractivity contribution in [1.82, 2.24) is 5.16 Å². The molecule has 18 heavy (non-hydrogen) atoms. The monoisotopic (exact) mass is 252 g/mol. The van der Waals surface area contributed by atoms with Gasteiger partial charge < -0.3 is 15.0 Å². The second-order valence-corrected chi connectivity index (χ2v) is 5.17. The molecule has 2 unspecified atom stereocenters. The summed E-state index contributed by atoms with van der Waals surface area (Å²) in [5.74, 6) is 1.72. The van der Waals surface area contributed by atoms with E-state index < -0.39 is 12.0 Å². The number of carbonyl (C=O) groups is 1. The Kier molecular flexibility index (Phi) is 4.01. The Morgan fingerprint density at radius 2 is 2.44 bits per heavy atom. The van der Waals surface area contributed by atoms with Gasteiger partial charge in [0.25, 0.3) is 0 Å². The van der Waals surface area contributed by atoms with Crippen molar-refractivity contribution in [3.05, 3.63) is 17.5 Å². The number of hydrogen-bond donors (Lipinski definition) is 1. The van der Waals surface area contributed by atoms with Gasteiger partial charge in [0.05, 0.1) is 12.8 Å². The number of ether oxygens (including phenoxy) is 1. The molecule has 0 spiro atoms. The minimum absolute atomic E-state index is 0.360. The maximum atomic E-state index is 11.2. The summed E-state index contributed by atoms with van der Waals surface area (Å²) >= 11 is 0. The van der Waals surface area contributed by atoms with Gasteiger partial charge in [-0.15, -0.1) is 0 Å². The molecule has 0 saturated heterocycles. The lowest BCUT2D eigenvalue weighted by molar-refractivity contribution is -0.142. The molecule has 0 aliphatic heterocycles. The van der Waals surface area contributed by atoms with Crippen LogP contribution in [0.15, 0.2) is 10.6 Å². The largest absolute Gasteiger partial charge is 0.468 e. The summed E-state index contributed by atoms with van der Waals surface area (Å²) < 4.78 is 9.94. The molecule has 1 heterocycles. The molecule has 2 N–H and O–H groups in total. The van der Waals surface area contributed by atoms with E-state index in [1.54, 1.807) is 0 Å². The Balaban J connectivity index is 1.96. The minimum atomic E-state index is -0.671. The van der Waals surface area contributed by atoms with Crippen molar-refractivity contribution in [3.8, 4) is 0 Å². The molecule has 3 atom stereocenters. The lowest BCUT2D eigenvalue weighted by atomic mass is 10.0. The molecule has 1 aromatic heterocycles. The van der Waals surface area contributed by atoms with E-state index in [2.05, 4.69) is 16.8 Å². The average molecular weight is 252 g/mol. The van der Waals surface area contributed by atoms with Crippen LogP contribution in [0.25, 0.3) is 0 Å². The number of carbonyl (C=O) groups excluding carboxylic acids is 1. The first kappa shape index (κ1) is 13.1. The highest BCUT2D eigenvalue weighted by atomic mass is 16.5. The SMILES string of the molecule is COC(=O)[C@@H](N)Cc1cc(C2CCC(C)C2)on1. The van der Waals surface area contributed by atoms with Crippen LogP contribution in [0.4, 0.5) is 0 Å². The van der Waals surface area contributed by atoms with Gasteiger partial charge in [-0.2, -0.15) is 0 Å². The quantitative estimate of drug-likeness (QED) is 0.824. The van der Waals surface area contributed by atoms with Crippen LogP contribution in [0.3, 0.4) is 0 Å². The van der Waals surface area contributed by atoms with Crippen molar-refractivity contribution < 1.29 is 14.1 Å². The molecule has 5 heteroatoms. The van der Waals surface area contributed by atoms with Gasteiger partial charge in [0.2, 0.25) is 0 Å². The van der Waals surface area contributed by atoms with Gasteiger partial charge in [0.15, 0.2) is 0 Å². The fourth-order valence-electron chi connectivity index (χ4n) is 2.54. The van der Waals surface area contributed by atoms with E-state index in [0.29, 0.717) is 12.3 Å². The number of esters is 1. The standard InChI is InChI=1S/C13H20N2O3/c1-8-3-4-9(5-8)12-7-10(15-18-12)6-11(14)13(16)17-2/h7-9,11H,3-6,14H2,1-2H3/t8?,9?,11-/m0/s1. The van der Waals surface area contributed by atoms with E-state index in [0.717, 1.165) is 30.2 Å². The molecular weight excluding hydrogens is 232 g/mol. The first-order valence-corrected chi connectivity index (χ1v) is 6.39. The fraction of sp³-hybridized carbons (Fsp3) is 0.692. The lowest BCUT2D eigenvalue weighted by Crippen LogP contribution is -2.33. The average Bonchev–Trinajstić information content (AvgIpc) is 2.96. The van der Waals surface area contributed by atoms with Crippen molar-refractivity contribution in [2.45, 2.75) is 44.6 Å². The van der Waals surface area contributed by atoms with Gasteiger partial charge in [0.1, 0.15) is 11.8 Å². The van der Waals surface area contributed by atoms with E-state index in [9.17, 15) is 4.79 Å². The van der Waals surface area contributed by atoms with Gasteiger partial charge in [-0.25, -0.2) is 0 Å². The molecule has 1 aliphatic carbocycles. The van der Waals surface area contributed by atoms with E-state index in [4.69, 9.17) is 10.3 Å². The van der Waals surface area contributed by atoms with E-state index in [1.165, 1.54) is 13.5 Å². The molecule has 1 aromatic rings. The minimum Gasteiger partial charge on any atom is -0.468 e. The predicted octanol–water partition coefficient (Wildman–Crippen LogP) is 1.62. The Labute approximate surface area is 107 Å². The van der Waals surface area contributed by atoms with Gasteiger partial charge >= 0.3 is 5.97 Å². The summed E-state index contributed by atoms with van der Waals surface area (Å²) in [5.41, 5.74) is 6.41. The summed E-state index contributed by atoms with van der Waals surface area (Å²) in [7, 11) is 1.33. The first-order valence-electron chi connectivity index (χ1n) is 6.39. The van der Waals surface area contributed by atoms with Gasteiger partial charge in [-0.3, -0.25) is 4.79 Å². The van der Waals surface area contributed by atoms with Crippen LogP contribution in [0.5, 0.6) is 0 Å². The molecule has 0 bridgehead atoms. The number of hydrogen-bond acceptors (Lipinski definition) is 5. The van der Waals surface area contributed by atoms with Gasteiger partial charge in [0, 0.05) is 18.4 Å². The molecule has 2 rings (SSSR count). The number of aromatic nitrogens is 1. The van der Waals surface area contributed by atoms with Crippen molar-refractivity contribution in [2.24, 2.45) is 11.7 Å². The van der Waals surface area contributed by atoms with Crippen LogP contribution in [-0.4, -0.2) is 24.3 Å². The van der Waals surface area contributed by atoms with Crippen LogP contribution in [-0.2, 0) is 16.0 Å². The maximum Gasteiger partial charge on any atom is 0.323 e. The van der Waals surface area contributed by atoms with Crippen molar-refractivity contribution >= 4 is 5.97 Å². The molecule has 1 saturated carbocycles. The van der Waals surface area contributed by atoms with Crippen LogP contribution in [0.1, 0.15) is 43.6 Å².